The van der Waals surface area contributed by atoms with Crippen LogP contribution in [0.25, 0.3) is 17.0 Å². The van der Waals surface area contributed by atoms with Crippen LogP contribution in [0.15, 0.2) is 48.5 Å². The molecule has 0 atom stereocenters. The summed E-state index contributed by atoms with van der Waals surface area (Å²) in [5.74, 6) is 0.674. The van der Waals surface area contributed by atoms with Crippen molar-refractivity contribution in [1.82, 2.24) is 14.9 Å². The van der Waals surface area contributed by atoms with Crippen molar-refractivity contribution < 1.29 is 4.79 Å². The van der Waals surface area contributed by atoms with Crippen molar-refractivity contribution in [2.75, 3.05) is 36.4 Å². The minimum absolute atomic E-state index is 0.150. The third-order valence-electron chi connectivity index (χ3n) is 7.49. The fourth-order valence-corrected chi connectivity index (χ4v) is 5.46. The largest absolute Gasteiger partial charge is 0.341 e. The van der Waals surface area contributed by atoms with Gasteiger partial charge in [0.1, 0.15) is 0 Å². The van der Waals surface area contributed by atoms with Crippen LogP contribution in [0, 0.1) is 6.92 Å². The summed E-state index contributed by atoms with van der Waals surface area (Å²) >= 11 is 0. The Morgan fingerprint density at radius 2 is 1.78 bits per heavy atom. The zero-order valence-corrected chi connectivity index (χ0v) is 21.5. The molecule has 2 aromatic carbocycles. The lowest BCUT2D eigenvalue weighted by molar-refractivity contribution is -0.111. The van der Waals surface area contributed by atoms with Crippen molar-refractivity contribution in [3.8, 4) is 0 Å². The molecule has 0 saturated carbocycles. The molecule has 5 rings (SSSR count). The van der Waals surface area contributed by atoms with Crippen LogP contribution in [-0.4, -0.2) is 53.0 Å². The number of aromatic nitrogens is 2. The van der Waals surface area contributed by atoms with E-state index in [4.69, 9.17) is 9.97 Å². The highest BCUT2D eigenvalue weighted by molar-refractivity contribution is 6.03. The normalized spacial score (nSPS) is 17.3. The van der Waals surface area contributed by atoms with E-state index in [-0.39, 0.29) is 5.91 Å². The van der Waals surface area contributed by atoms with Crippen molar-refractivity contribution in [3.63, 3.8) is 0 Å². The fraction of sp³-hybridized carbons (Fsp3) is 0.433. The second-order valence-corrected chi connectivity index (χ2v) is 10.1. The van der Waals surface area contributed by atoms with E-state index in [2.05, 4.69) is 46.3 Å². The monoisotopic (exact) mass is 483 g/mol. The summed E-state index contributed by atoms with van der Waals surface area (Å²) in [6, 6.07) is 14.9. The first-order valence-electron chi connectivity index (χ1n) is 13.4. The highest BCUT2D eigenvalue weighted by atomic mass is 16.1. The zero-order valence-electron chi connectivity index (χ0n) is 21.5. The molecule has 0 aliphatic carbocycles. The Morgan fingerprint density at radius 3 is 2.50 bits per heavy atom. The molecule has 6 heteroatoms. The van der Waals surface area contributed by atoms with E-state index in [0.717, 1.165) is 59.7 Å². The van der Waals surface area contributed by atoms with Gasteiger partial charge in [0.05, 0.1) is 11.2 Å². The summed E-state index contributed by atoms with van der Waals surface area (Å²) in [4.78, 5) is 27.2. The molecule has 6 nitrogen and oxygen atoms in total. The Balaban J connectivity index is 1.22. The maximum absolute atomic E-state index is 12.5. The number of amides is 1. The van der Waals surface area contributed by atoms with Gasteiger partial charge in [-0.1, -0.05) is 37.6 Å². The number of carbonyl (C=O) groups is 1. The average Bonchev–Trinajstić information content (AvgIpc) is 3.44. The summed E-state index contributed by atoms with van der Waals surface area (Å²) in [6.07, 6.45) is 10.7. The number of nitrogens with zero attached hydrogens (tertiary/aromatic N) is 4. The van der Waals surface area contributed by atoms with Crippen LogP contribution < -0.4 is 10.2 Å². The second kappa shape index (κ2) is 11.2. The molecule has 2 aliphatic rings. The highest BCUT2D eigenvalue weighted by Crippen LogP contribution is 2.26. The van der Waals surface area contributed by atoms with Gasteiger partial charge in [0, 0.05) is 36.3 Å². The van der Waals surface area contributed by atoms with Crippen LogP contribution in [0.4, 0.5) is 11.6 Å². The molecule has 36 heavy (non-hydrogen) atoms. The number of rotatable bonds is 7. The summed E-state index contributed by atoms with van der Waals surface area (Å²) in [5, 5.41) is 3.95. The molecule has 1 amide bonds. The molecule has 188 valence electrons. The van der Waals surface area contributed by atoms with Gasteiger partial charge in [0.25, 0.3) is 0 Å². The van der Waals surface area contributed by atoms with E-state index < -0.39 is 0 Å². The number of nitrogens with one attached hydrogen (secondary N) is 1. The Kier molecular flexibility index (Phi) is 7.61. The minimum Gasteiger partial charge on any atom is -0.341 e. The molecule has 3 heterocycles. The number of hydrogen-bond acceptors (Lipinski definition) is 5. The molecule has 1 N–H and O–H groups in total. The van der Waals surface area contributed by atoms with E-state index in [1.165, 1.54) is 44.3 Å². The molecule has 0 radical (unpaired) electrons. The number of piperidine rings is 1. The number of likely N-dealkylation sites (tertiary alicyclic amines) is 1. The van der Waals surface area contributed by atoms with Gasteiger partial charge in [0.15, 0.2) is 0 Å². The first-order valence-corrected chi connectivity index (χ1v) is 13.4. The van der Waals surface area contributed by atoms with Crippen molar-refractivity contribution in [2.24, 2.45) is 0 Å². The van der Waals surface area contributed by atoms with Crippen LogP contribution in [0.5, 0.6) is 0 Å². The molecule has 0 unspecified atom stereocenters. The Hall–Kier alpha value is -3.25. The topological polar surface area (TPSA) is 61.4 Å². The Labute approximate surface area is 214 Å². The predicted molar refractivity (Wildman–Crippen MR) is 148 cm³/mol. The fourth-order valence-electron chi connectivity index (χ4n) is 5.46. The summed E-state index contributed by atoms with van der Waals surface area (Å²) in [6.45, 7) is 8.74. The third-order valence-corrected chi connectivity index (χ3v) is 7.49. The van der Waals surface area contributed by atoms with Gasteiger partial charge in [-0.05, 0) is 87.5 Å². The first-order chi connectivity index (χ1) is 17.6. The molecule has 2 saturated heterocycles. The molecule has 0 spiro atoms. The van der Waals surface area contributed by atoms with Crippen LogP contribution in [0.3, 0.4) is 0 Å². The summed E-state index contributed by atoms with van der Waals surface area (Å²) in [5.41, 5.74) is 4.95. The van der Waals surface area contributed by atoms with E-state index in [9.17, 15) is 4.79 Å². The molecule has 2 fully saturated rings. The number of aryl methyl sites for hydroxylation is 2. The van der Waals surface area contributed by atoms with E-state index in [1.807, 2.05) is 31.2 Å². The van der Waals surface area contributed by atoms with Gasteiger partial charge in [-0.15, -0.1) is 0 Å². The average molecular weight is 484 g/mol. The van der Waals surface area contributed by atoms with Gasteiger partial charge in [0.2, 0.25) is 11.9 Å². The molecule has 1 aromatic heterocycles. The number of benzene rings is 2. The summed E-state index contributed by atoms with van der Waals surface area (Å²) in [7, 11) is 0. The molecule has 2 aliphatic heterocycles. The van der Waals surface area contributed by atoms with Crippen LogP contribution in [0.1, 0.15) is 55.8 Å². The van der Waals surface area contributed by atoms with E-state index in [0.29, 0.717) is 6.04 Å². The van der Waals surface area contributed by atoms with Gasteiger partial charge < -0.3 is 15.1 Å². The Bertz CT molecular complexity index is 1220. The molecule has 3 aromatic rings. The van der Waals surface area contributed by atoms with Crippen LogP contribution in [0.2, 0.25) is 0 Å². The lowest BCUT2D eigenvalue weighted by Crippen LogP contribution is -2.44. The summed E-state index contributed by atoms with van der Waals surface area (Å²) < 4.78 is 0. The molecule has 0 bridgehead atoms. The quantitative estimate of drug-likeness (QED) is 0.443. The molecular formula is C30H37N5O. The van der Waals surface area contributed by atoms with Crippen molar-refractivity contribution in [1.29, 1.82) is 0 Å². The predicted octanol–water partition coefficient (Wildman–Crippen LogP) is 5.61. The number of hydrogen-bond donors (Lipinski definition) is 1. The standard InChI is InChI=1S/C30H37N5O/c1-3-6-23-7-9-24(10-8-23)11-14-29(36)32-25-12-13-28-27(21-25)22(2)31-30(33-28)35-19-15-26(16-20-35)34-17-4-5-18-34/h7-14,21,26H,3-6,15-20H2,1-2H3,(H,32,36). The SMILES string of the molecule is CCCc1ccc(C=CC(=O)Nc2ccc3nc(N4CCC(N5CCCC5)CC4)nc(C)c3c2)cc1. The number of carbonyl (C=O) groups excluding carboxylic acids is 1. The molecular weight excluding hydrogens is 446 g/mol. The third kappa shape index (κ3) is 5.76. The van der Waals surface area contributed by atoms with Gasteiger partial charge in [-0.25, -0.2) is 9.97 Å². The van der Waals surface area contributed by atoms with Gasteiger partial charge >= 0.3 is 0 Å². The van der Waals surface area contributed by atoms with Crippen molar-refractivity contribution in [2.45, 2.75) is 58.4 Å². The smallest absolute Gasteiger partial charge is 0.248 e. The van der Waals surface area contributed by atoms with Gasteiger partial charge in [-0.3, -0.25) is 4.79 Å². The first kappa shape index (κ1) is 24.4. The van der Waals surface area contributed by atoms with Crippen LogP contribution in [-0.2, 0) is 11.2 Å². The van der Waals surface area contributed by atoms with Crippen LogP contribution >= 0.6 is 0 Å². The van der Waals surface area contributed by atoms with E-state index in [1.54, 1.807) is 6.08 Å². The Morgan fingerprint density at radius 1 is 1.03 bits per heavy atom. The zero-order chi connectivity index (χ0) is 24.9. The van der Waals surface area contributed by atoms with E-state index >= 15 is 0 Å². The maximum atomic E-state index is 12.5. The maximum Gasteiger partial charge on any atom is 0.248 e. The minimum atomic E-state index is -0.150. The van der Waals surface area contributed by atoms with Crippen molar-refractivity contribution in [3.05, 3.63) is 65.4 Å². The second-order valence-electron chi connectivity index (χ2n) is 10.1. The number of anilines is 2. The lowest BCUT2D eigenvalue weighted by atomic mass is 10.0. The van der Waals surface area contributed by atoms with Crippen molar-refractivity contribution >= 4 is 34.5 Å². The van der Waals surface area contributed by atoms with Gasteiger partial charge in [-0.2, -0.15) is 0 Å². The number of fused-ring (bicyclic) bond motifs is 1. The lowest BCUT2D eigenvalue weighted by Gasteiger charge is -2.36. The highest BCUT2D eigenvalue weighted by Gasteiger charge is 2.27.